The molecule has 1 aliphatic carbocycles. The number of hydrogen-bond acceptors (Lipinski definition) is 3. The second-order valence-corrected chi connectivity index (χ2v) is 6.76. The number of amides is 2. The monoisotopic (exact) mass is 349 g/mol. The van der Waals surface area contributed by atoms with Gasteiger partial charge in [-0.25, -0.2) is 0 Å². The number of carbonyl (C=O) groups is 2. The molecule has 24 heavy (non-hydrogen) atoms. The summed E-state index contributed by atoms with van der Waals surface area (Å²) in [5.41, 5.74) is 0. The zero-order chi connectivity index (χ0) is 17.6. The molecule has 8 heteroatoms. The average molecular weight is 349 g/mol. The van der Waals surface area contributed by atoms with Crippen molar-refractivity contribution in [3.05, 3.63) is 0 Å². The van der Waals surface area contributed by atoms with E-state index >= 15 is 0 Å². The summed E-state index contributed by atoms with van der Waals surface area (Å²) in [6.45, 7) is 0.772. The minimum Gasteiger partial charge on any atom is -0.346 e. The van der Waals surface area contributed by atoms with Crippen molar-refractivity contribution in [3.63, 3.8) is 0 Å². The summed E-state index contributed by atoms with van der Waals surface area (Å²) in [7, 11) is 0. The molecular weight excluding hydrogens is 323 g/mol. The fraction of sp³-hybridized carbons (Fsp3) is 0.875. The van der Waals surface area contributed by atoms with Crippen LogP contribution in [0.1, 0.15) is 38.5 Å². The summed E-state index contributed by atoms with van der Waals surface area (Å²) >= 11 is 0. The normalized spacial score (nSPS) is 20.9. The molecule has 2 fully saturated rings. The standard InChI is InChI=1S/C16H26F3N3O2/c17-16(18,19)12-20-14(23)11-21-6-8-22(9-7-21)15(24)10-13-4-2-1-3-5-13/h13H,1-12H2,(H,20,23). The first-order chi connectivity index (χ1) is 11.3. The summed E-state index contributed by atoms with van der Waals surface area (Å²) in [6.07, 6.45) is 2.15. The summed E-state index contributed by atoms with van der Waals surface area (Å²) in [5.74, 6) is 0.0369. The maximum absolute atomic E-state index is 12.3. The minimum atomic E-state index is -4.39. The molecule has 138 valence electrons. The number of piperazine rings is 1. The van der Waals surface area contributed by atoms with E-state index in [4.69, 9.17) is 0 Å². The van der Waals surface area contributed by atoms with Crippen LogP contribution in [0.25, 0.3) is 0 Å². The Bertz CT molecular complexity index is 429. The van der Waals surface area contributed by atoms with Gasteiger partial charge in [0.05, 0.1) is 6.54 Å². The van der Waals surface area contributed by atoms with Gasteiger partial charge >= 0.3 is 6.18 Å². The molecule has 0 aromatic heterocycles. The lowest BCUT2D eigenvalue weighted by molar-refractivity contribution is -0.140. The maximum Gasteiger partial charge on any atom is 0.405 e. The highest BCUT2D eigenvalue weighted by Gasteiger charge is 2.29. The van der Waals surface area contributed by atoms with Crippen molar-refractivity contribution in [1.82, 2.24) is 15.1 Å². The zero-order valence-electron chi connectivity index (χ0n) is 13.9. The zero-order valence-corrected chi connectivity index (χ0v) is 13.9. The third-order valence-electron chi connectivity index (χ3n) is 4.77. The van der Waals surface area contributed by atoms with Crippen molar-refractivity contribution in [3.8, 4) is 0 Å². The van der Waals surface area contributed by atoms with Gasteiger partial charge in [0.25, 0.3) is 0 Å². The maximum atomic E-state index is 12.3. The van der Waals surface area contributed by atoms with E-state index in [9.17, 15) is 22.8 Å². The largest absolute Gasteiger partial charge is 0.405 e. The third-order valence-corrected chi connectivity index (χ3v) is 4.77. The van der Waals surface area contributed by atoms with Crippen molar-refractivity contribution in [2.24, 2.45) is 5.92 Å². The first-order valence-electron chi connectivity index (χ1n) is 8.67. The van der Waals surface area contributed by atoms with E-state index in [0.717, 1.165) is 12.8 Å². The second kappa shape index (κ2) is 8.69. The molecule has 0 aromatic carbocycles. The van der Waals surface area contributed by atoms with Crippen molar-refractivity contribution in [2.75, 3.05) is 39.3 Å². The first-order valence-corrected chi connectivity index (χ1v) is 8.67. The molecule has 0 unspecified atom stereocenters. The SMILES string of the molecule is O=C(CN1CCN(C(=O)CC2CCCCC2)CC1)NCC(F)(F)F. The quantitative estimate of drug-likeness (QED) is 0.823. The lowest BCUT2D eigenvalue weighted by Gasteiger charge is -2.35. The van der Waals surface area contributed by atoms with Crippen LogP contribution in [-0.4, -0.2) is 67.1 Å². The molecule has 0 aromatic rings. The van der Waals surface area contributed by atoms with E-state index < -0.39 is 18.6 Å². The fourth-order valence-electron chi connectivity index (χ4n) is 3.38. The number of carbonyl (C=O) groups excluding carboxylic acids is 2. The molecular formula is C16H26F3N3O2. The van der Waals surface area contributed by atoms with E-state index in [0.29, 0.717) is 38.5 Å². The Balaban J connectivity index is 1.65. The summed E-state index contributed by atoms with van der Waals surface area (Å²) < 4.78 is 36.2. The van der Waals surface area contributed by atoms with Crippen LogP contribution in [-0.2, 0) is 9.59 Å². The molecule has 1 heterocycles. The van der Waals surface area contributed by atoms with Crippen LogP contribution >= 0.6 is 0 Å². The molecule has 0 radical (unpaired) electrons. The topological polar surface area (TPSA) is 52.7 Å². The van der Waals surface area contributed by atoms with Crippen LogP contribution in [0.3, 0.4) is 0 Å². The molecule has 1 aliphatic heterocycles. The Hall–Kier alpha value is -1.31. The van der Waals surface area contributed by atoms with E-state index in [2.05, 4.69) is 0 Å². The van der Waals surface area contributed by atoms with Gasteiger partial charge in [0.2, 0.25) is 11.8 Å². The molecule has 5 nitrogen and oxygen atoms in total. The Morgan fingerprint density at radius 3 is 2.21 bits per heavy atom. The lowest BCUT2D eigenvalue weighted by Crippen LogP contribution is -2.51. The van der Waals surface area contributed by atoms with Crippen LogP contribution in [0.2, 0.25) is 0 Å². The molecule has 2 rings (SSSR count). The predicted molar refractivity (Wildman–Crippen MR) is 83.3 cm³/mol. The van der Waals surface area contributed by atoms with Gasteiger partial charge in [0, 0.05) is 32.6 Å². The van der Waals surface area contributed by atoms with Crippen LogP contribution in [0.4, 0.5) is 13.2 Å². The Morgan fingerprint density at radius 2 is 1.62 bits per heavy atom. The highest BCUT2D eigenvalue weighted by Crippen LogP contribution is 2.27. The van der Waals surface area contributed by atoms with Crippen molar-refractivity contribution >= 4 is 11.8 Å². The molecule has 2 amide bonds. The summed E-state index contributed by atoms with van der Waals surface area (Å²) in [5, 5.41) is 1.87. The highest BCUT2D eigenvalue weighted by molar-refractivity contribution is 5.78. The number of nitrogens with one attached hydrogen (secondary N) is 1. The van der Waals surface area contributed by atoms with Gasteiger partial charge in [-0.3, -0.25) is 14.5 Å². The number of rotatable bonds is 5. The number of nitrogens with zero attached hydrogens (tertiary/aromatic N) is 2. The molecule has 1 saturated carbocycles. The van der Waals surface area contributed by atoms with E-state index in [1.165, 1.54) is 19.3 Å². The van der Waals surface area contributed by atoms with Gasteiger partial charge in [-0.15, -0.1) is 0 Å². The van der Waals surface area contributed by atoms with Gasteiger partial charge in [-0.1, -0.05) is 19.3 Å². The highest BCUT2D eigenvalue weighted by atomic mass is 19.4. The first kappa shape index (κ1) is 19.0. The fourth-order valence-corrected chi connectivity index (χ4v) is 3.38. The van der Waals surface area contributed by atoms with Crippen molar-refractivity contribution in [2.45, 2.75) is 44.7 Å². The van der Waals surface area contributed by atoms with Crippen molar-refractivity contribution in [1.29, 1.82) is 0 Å². The minimum absolute atomic E-state index is 0.0548. The number of hydrogen-bond donors (Lipinski definition) is 1. The Morgan fingerprint density at radius 1 is 1.00 bits per heavy atom. The van der Waals surface area contributed by atoms with Gasteiger partial charge in [-0.2, -0.15) is 13.2 Å². The van der Waals surface area contributed by atoms with Gasteiger partial charge in [-0.05, 0) is 18.8 Å². The van der Waals surface area contributed by atoms with Crippen LogP contribution in [0.15, 0.2) is 0 Å². The van der Waals surface area contributed by atoms with E-state index in [1.54, 1.807) is 4.90 Å². The Kier molecular flexibility index (Phi) is 6.89. The lowest BCUT2D eigenvalue weighted by atomic mass is 9.86. The summed E-state index contributed by atoms with van der Waals surface area (Å²) in [4.78, 5) is 27.4. The molecule has 0 bridgehead atoms. The molecule has 0 atom stereocenters. The average Bonchev–Trinajstić information content (AvgIpc) is 2.54. The van der Waals surface area contributed by atoms with Crippen LogP contribution < -0.4 is 5.32 Å². The van der Waals surface area contributed by atoms with E-state index in [-0.39, 0.29) is 12.5 Å². The molecule has 2 aliphatic rings. The van der Waals surface area contributed by atoms with Gasteiger partial charge < -0.3 is 10.2 Å². The van der Waals surface area contributed by atoms with Gasteiger partial charge in [0.15, 0.2) is 0 Å². The molecule has 0 spiro atoms. The van der Waals surface area contributed by atoms with Crippen LogP contribution in [0.5, 0.6) is 0 Å². The summed E-state index contributed by atoms with van der Waals surface area (Å²) in [6, 6.07) is 0. The van der Waals surface area contributed by atoms with E-state index in [1.807, 2.05) is 10.2 Å². The van der Waals surface area contributed by atoms with Gasteiger partial charge in [0.1, 0.15) is 6.54 Å². The Labute approximate surface area is 140 Å². The smallest absolute Gasteiger partial charge is 0.346 e. The number of halogens is 3. The predicted octanol–water partition coefficient (Wildman–Crippen LogP) is 1.78. The van der Waals surface area contributed by atoms with Crippen molar-refractivity contribution < 1.29 is 22.8 Å². The van der Waals surface area contributed by atoms with Crippen LogP contribution in [0, 0.1) is 5.92 Å². The number of alkyl halides is 3. The third kappa shape index (κ3) is 6.67. The molecule has 1 N–H and O–H groups in total. The molecule has 1 saturated heterocycles. The second-order valence-electron chi connectivity index (χ2n) is 6.76.